The maximum Gasteiger partial charge on any atom is 0.327 e. The SMILES string of the molecule is CNc1ccc(C(=O)NC(CS(=O)(=O)O)C(=O)O)cc1. The molecule has 1 amide bonds. The van der Waals surface area contributed by atoms with E-state index in [0.717, 1.165) is 5.69 Å². The van der Waals surface area contributed by atoms with Crippen molar-refractivity contribution in [2.45, 2.75) is 6.04 Å². The van der Waals surface area contributed by atoms with Crippen LogP contribution in [0, 0.1) is 0 Å². The average molecular weight is 302 g/mol. The highest BCUT2D eigenvalue weighted by molar-refractivity contribution is 7.85. The monoisotopic (exact) mass is 302 g/mol. The van der Waals surface area contributed by atoms with Gasteiger partial charge in [0.15, 0.2) is 0 Å². The lowest BCUT2D eigenvalue weighted by Crippen LogP contribution is -2.45. The molecule has 4 N–H and O–H groups in total. The van der Waals surface area contributed by atoms with Crippen LogP contribution in [0.15, 0.2) is 24.3 Å². The van der Waals surface area contributed by atoms with Gasteiger partial charge in [-0.1, -0.05) is 0 Å². The fourth-order valence-corrected chi connectivity index (χ4v) is 2.06. The molecule has 1 aromatic rings. The normalized spacial score (nSPS) is 12.5. The smallest absolute Gasteiger partial charge is 0.327 e. The minimum atomic E-state index is -4.51. The molecule has 1 aromatic carbocycles. The number of carbonyl (C=O) groups is 2. The summed E-state index contributed by atoms with van der Waals surface area (Å²) < 4.78 is 30.0. The molecule has 0 fully saturated rings. The van der Waals surface area contributed by atoms with Crippen molar-refractivity contribution in [1.82, 2.24) is 5.32 Å². The maximum absolute atomic E-state index is 11.8. The van der Waals surface area contributed by atoms with E-state index in [2.05, 4.69) is 5.32 Å². The van der Waals surface area contributed by atoms with Crippen molar-refractivity contribution in [3.8, 4) is 0 Å². The summed E-state index contributed by atoms with van der Waals surface area (Å²) in [6.07, 6.45) is 0. The molecule has 0 saturated carbocycles. The van der Waals surface area contributed by atoms with E-state index in [1.54, 1.807) is 19.2 Å². The minimum absolute atomic E-state index is 0.172. The van der Waals surface area contributed by atoms with Gasteiger partial charge in [-0.05, 0) is 24.3 Å². The lowest BCUT2D eigenvalue weighted by Gasteiger charge is -2.13. The van der Waals surface area contributed by atoms with Gasteiger partial charge >= 0.3 is 5.97 Å². The van der Waals surface area contributed by atoms with Crippen molar-refractivity contribution in [2.75, 3.05) is 18.1 Å². The van der Waals surface area contributed by atoms with Crippen molar-refractivity contribution in [1.29, 1.82) is 0 Å². The van der Waals surface area contributed by atoms with Gasteiger partial charge in [-0.3, -0.25) is 9.35 Å². The van der Waals surface area contributed by atoms with E-state index >= 15 is 0 Å². The van der Waals surface area contributed by atoms with Crippen molar-refractivity contribution >= 4 is 27.7 Å². The molecule has 9 heteroatoms. The highest BCUT2D eigenvalue weighted by atomic mass is 32.2. The van der Waals surface area contributed by atoms with E-state index < -0.39 is 33.8 Å². The zero-order chi connectivity index (χ0) is 15.3. The van der Waals surface area contributed by atoms with Gasteiger partial charge in [0.1, 0.15) is 11.8 Å². The zero-order valence-electron chi connectivity index (χ0n) is 10.5. The van der Waals surface area contributed by atoms with Gasteiger partial charge in [0.2, 0.25) is 0 Å². The summed E-state index contributed by atoms with van der Waals surface area (Å²) in [6, 6.07) is 4.39. The van der Waals surface area contributed by atoms with E-state index in [9.17, 15) is 18.0 Å². The summed E-state index contributed by atoms with van der Waals surface area (Å²) in [5, 5.41) is 13.7. The number of amides is 1. The van der Waals surface area contributed by atoms with Crippen molar-refractivity contribution < 1.29 is 27.7 Å². The summed E-state index contributed by atoms with van der Waals surface area (Å²) in [6.45, 7) is 0. The third kappa shape index (κ3) is 4.86. The summed E-state index contributed by atoms with van der Waals surface area (Å²) >= 11 is 0. The second-order valence-corrected chi connectivity index (χ2v) is 5.44. The van der Waals surface area contributed by atoms with Gasteiger partial charge in [0.25, 0.3) is 16.0 Å². The predicted molar refractivity (Wildman–Crippen MR) is 71.3 cm³/mol. The summed E-state index contributed by atoms with van der Waals surface area (Å²) in [4.78, 5) is 22.6. The standard InChI is InChI=1S/C11H14N2O6S/c1-12-8-4-2-7(3-5-8)10(14)13-9(11(15)16)6-20(17,18)19/h2-5,9,12H,6H2,1H3,(H,13,14)(H,15,16)(H,17,18,19). The fourth-order valence-electron chi connectivity index (χ4n) is 1.42. The first-order valence-electron chi connectivity index (χ1n) is 5.49. The van der Waals surface area contributed by atoms with Crippen LogP contribution in [0.4, 0.5) is 5.69 Å². The average Bonchev–Trinajstić information content (AvgIpc) is 2.36. The number of carboxylic acids is 1. The quantitative estimate of drug-likeness (QED) is 0.535. The number of hydrogen-bond donors (Lipinski definition) is 4. The molecule has 0 aliphatic carbocycles. The Balaban J connectivity index is 2.82. The molecule has 0 heterocycles. The van der Waals surface area contributed by atoms with E-state index in [1.807, 2.05) is 5.32 Å². The first kappa shape index (κ1) is 15.9. The molecule has 0 aliphatic rings. The number of carbonyl (C=O) groups excluding carboxylic acids is 1. The Morgan fingerprint density at radius 1 is 1.25 bits per heavy atom. The second kappa shape index (κ2) is 6.35. The van der Waals surface area contributed by atoms with Crippen LogP contribution in [-0.4, -0.2) is 48.8 Å². The molecular formula is C11H14N2O6S. The Morgan fingerprint density at radius 2 is 1.80 bits per heavy atom. The molecule has 0 aromatic heterocycles. The molecule has 8 nitrogen and oxygen atoms in total. The summed E-state index contributed by atoms with van der Waals surface area (Å²) in [5.74, 6) is -3.39. The van der Waals surface area contributed by atoms with Gasteiger partial charge in [-0.15, -0.1) is 0 Å². The van der Waals surface area contributed by atoms with Gasteiger partial charge in [0.05, 0.1) is 0 Å². The fraction of sp³-hybridized carbons (Fsp3) is 0.273. The topological polar surface area (TPSA) is 133 Å². The number of rotatable bonds is 6. The molecule has 1 rings (SSSR count). The number of hydrogen-bond acceptors (Lipinski definition) is 5. The Labute approximate surface area is 115 Å². The third-order valence-corrected chi connectivity index (χ3v) is 3.17. The van der Waals surface area contributed by atoms with Crippen LogP contribution in [0.1, 0.15) is 10.4 Å². The minimum Gasteiger partial charge on any atom is -0.480 e. The molecular weight excluding hydrogens is 288 g/mol. The molecule has 0 saturated heterocycles. The molecule has 110 valence electrons. The van der Waals surface area contributed by atoms with E-state index in [0.29, 0.717) is 0 Å². The lowest BCUT2D eigenvalue weighted by molar-refractivity contribution is -0.138. The number of benzene rings is 1. The largest absolute Gasteiger partial charge is 0.480 e. The molecule has 0 bridgehead atoms. The predicted octanol–water partition coefficient (Wildman–Crippen LogP) is -0.201. The van der Waals surface area contributed by atoms with Crippen molar-refractivity contribution in [3.05, 3.63) is 29.8 Å². The first-order chi connectivity index (χ1) is 9.23. The Morgan fingerprint density at radius 3 is 2.20 bits per heavy atom. The van der Waals surface area contributed by atoms with Gasteiger partial charge in [0, 0.05) is 18.3 Å². The number of nitrogens with one attached hydrogen (secondary N) is 2. The van der Waals surface area contributed by atoms with Crippen LogP contribution in [0.25, 0.3) is 0 Å². The Hall–Kier alpha value is -2.13. The van der Waals surface area contributed by atoms with E-state index in [-0.39, 0.29) is 5.56 Å². The number of carboxylic acid groups (broad SMARTS) is 1. The molecule has 1 unspecified atom stereocenters. The highest BCUT2D eigenvalue weighted by Gasteiger charge is 2.26. The highest BCUT2D eigenvalue weighted by Crippen LogP contribution is 2.08. The summed E-state index contributed by atoms with van der Waals surface area (Å²) in [5.41, 5.74) is 0.930. The number of anilines is 1. The van der Waals surface area contributed by atoms with Crippen molar-refractivity contribution in [2.24, 2.45) is 0 Å². The molecule has 1 atom stereocenters. The molecule has 0 radical (unpaired) electrons. The first-order valence-corrected chi connectivity index (χ1v) is 7.10. The van der Waals surface area contributed by atoms with Crippen LogP contribution in [0.2, 0.25) is 0 Å². The van der Waals surface area contributed by atoms with Crippen LogP contribution in [-0.2, 0) is 14.9 Å². The van der Waals surface area contributed by atoms with Gasteiger partial charge < -0.3 is 15.7 Å². The Bertz CT molecular complexity index is 596. The maximum atomic E-state index is 11.8. The molecule has 0 aliphatic heterocycles. The lowest BCUT2D eigenvalue weighted by atomic mass is 10.2. The van der Waals surface area contributed by atoms with Gasteiger partial charge in [-0.25, -0.2) is 4.79 Å². The second-order valence-electron chi connectivity index (χ2n) is 3.94. The van der Waals surface area contributed by atoms with Crippen LogP contribution in [0.5, 0.6) is 0 Å². The van der Waals surface area contributed by atoms with Crippen LogP contribution < -0.4 is 10.6 Å². The van der Waals surface area contributed by atoms with Crippen LogP contribution in [0.3, 0.4) is 0 Å². The van der Waals surface area contributed by atoms with E-state index in [4.69, 9.17) is 9.66 Å². The van der Waals surface area contributed by atoms with Gasteiger partial charge in [-0.2, -0.15) is 8.42 Å². The number of aliphatic carboxylic acids is 1. The molecule has 0 spiro atoms. The third-order valence-electron chi connectivity index (χ3n) is 2.42. The Kier molecular flexibility index (Phi) is 5.06. The van der Waals surface area contributed by atoms with Crippen molar-refractivity contribution in [3.63, 3.8) is 0 Å². The molecule has 20 heavy (non-hydrogen) atoms. The summed E-state index contributed by atoms with van der Waals surface area (Å²) in [7, 11) is -2.82. The van der Waals surface area contributed by atoms with E-state index in [1.165, 1.54) is 12.1 Å². The van der Waals surface area contributed by atoms with Crippen LogP contribution >= 0.6 is 0 Å². The zero-order valence-corrected chi connectivity index (χ0v) is 11.3.